The van der Waals surface area contributed by atoms with E-state index in [1.165, 1.54) is 6.33 Å². The van der Waals surface area contributed by atoms with Gasteiger partial charge in [0.1, 0.15) is 30.8 Å². The number of fused-ring (bicyclic) bond motifs is 2. The summed E-state index contributed by atoms with van der Waals surface area (Å²) in [6, 6.07) is 12.0. The van der Waals surface area contributed by atoms with Crippen molar-refractivity contribution in [2.45, 2.75) is 44.7 Å². The molecule has 27 heavy (non-hydrogen) atoms. The highest BCUT2D eigenvalue weighted by Crippen LogP contribution is 2.41. The summed E-state index contributed by atoms with van der Waals surface area (Å²) >= 11 is 0. The Kier molecular flexibility index (Phi) is 3.89. The first kappa shape index (κ1) is 16.7. The highest BCUT2D eigenvalue weighted by molar-refractivity contribution is 5.81. The van der Waals surface area contributed by atoms with Crippen LogP contribution in [0.15, 0.2) is 48.9 Å². The van der Waals surface area contributed by atoms with Crippen LogP contribution in [0.4, 0.5) is 0 Å². The first-order valence-corrected chi connectivity index (χ1v) is 9.06. The van der Waals surface area contributed by atoms with Crippen molar-refractivity contribution in [2.75, 3.05) is 6.61 Å². The van der Waals surface area contributed by atoms with E-state index in [-0.39, 0.29) is 18.4 Å². The maximum atomic E-state index is 6.05. The van der Waals surface area contributed by atoms with E-state index < -0.39 is 5.79 Å². The second-order valence-corrected chi connectivity index (χ2v) is 7.28. The van der Waals surface area contributed by atoms with Gasteiger partial charge >= 0.3 is 0 Å². The van der Waals surface area contributed by atoms with Gasteiger partial charge in [0.15, 0.2) is 12.0 Å². The minimum atomic E-state index is -0.598. The molecular weight excluding hydrogens is 346 g/mol. The Bertz CT molecular complexity index is 956. The molecule has 2 aromatic heterocycles. The molecule has 0 unspecified atom stereocenters. The highest BCUT2D eigenvalue weighted by atomic mass is 16.8. The number of hydrogen-bond donors (Lipinski definition) is 0. The Morgan fingerprint density at radius 1 is 1.15 bits per heavy atom. The maximum absolute atomic E-state index is 6.05. The quantitative estimate of drug-likeness (QED) is 0.706. The highest BCUT2D eigenvalue weighted by Gasteiger charge is 2.51. The molecule has 7 nitrogen and oxygen atoms in total. The lowest BCUT2D eigenvalue weighted by Crippen LogP contribution is -2.27. The van der Waals surface area contributed by atoms with E-state index in [0.29, 0.717) is 19.1 Å². The fourth-order valence-corrected chi connectivity index (χ4v) is 3.75. The van der Waals surface area contributed by atoms with Gasteiger partial charge in [-0.15, -0.1) is 0 Å². The lowest BCUT2D eigenvalue weighted by Gasteiger charge is -2.22. The average molecular weight is 367 g/mol. The van der Waals surface area contributed by atoms with E-state index in [4.69, 9.17) is 18.9 Å². The smallest absolute Gasteiger partial charge is 0.226 e. The van der Waals surface area contributed by atoms with Crippen molar-refractivity contribution in [3.8, 4) is 5.88 Å². The van der Waals surface area contributed by atoms with Gasteiger partial charge in [0.05, 0.1) is 12.0 Å². The minimum Gasteiger partial charge on any atom is -0.472 e. The zero-order valence-electron chi connectivity index (χ0n) is 15.2. The zero-order valence-corrected chi connectivity index (χ0v) is 15.2. The van der Waals surface area contributed by atoms with Crippen LogP contribution in [0.2, 0.25) is 0 Å². The zero-order chi connectivity index (χ0) is 18.4. The molecule has 1 aromatic carbocycles. The van der Waals surface area contributed by atoms with Crippen LogP contribution in [0.1, 0.15) is 25.6 Å². The van der Waals surface area contributed by atoms with Crippen molar-refractivity contribution < 1.29 is 18.9 Å². The molecule has 2 fully saturated rings. The van der Waals surface area contributed by atoms with Crippen molar-refractivity contribution in [3.63, 3.8) is 0 Å². The Morgan fingerprint density at radius 2 is 2.00 bits per heavy atom. The summed E-state index contributed by atoms with van der Waals surface area (Å²) in [5.41, 5.74) is 1.84. The first-order chi connectivity index (χ1) is 13.1. The summed E-state index contributed by atoms with van der Waals surface area (Å²) in [4.78, 5) is 8.76. The molecule has 0 aliphatic carbocycles. The predicted molar refractivity (Wildman–Crippen MR) is 97.1 cm³/mol. The summed E-state index contributed by atoms with van der Waals surface area (Å²) in [7, 11) is 0. The minimum absolute atomic E-state index is 0.0712. The molecule has 140 valence electrons. The Hall–Kier alpha value is -2.48. The molecule has 4 heterocycles. The van der Waals surface area contributed by atoms with E-state index >= 15 is 0 Å². The molecule has 0 radical (unpaired) electrons. The van der Waals surface area contributed by atoms with E-state index in [9.17, 15) is 0 Å². The Balaban J connectivity index is 1.42. The fourth-order valence-electron chi connectivity index (χ4n) is 3.75. The van der Waals surface area contributed by atoms with Gasteiger partial charge in [0, 0.05) is 6.20 Å². The van der Waals surface area contributed by atoms with Gasteiger partial charge in [-0.1, -0.05) is 30.3 Å². The summed E-state index contributed by atoms with van der Waals surface area (Å²) in [5.74, 6) is -0.0414. The number of hydrogen-bond acceptors (Lipinski definition) is 6. The maximum Gasteiger partial charge on any atom is 0.226 e. The molecular formula is C20H21N3O4. The third kappa shape index (κ3) is 2.97. The van der Waals surface area contributed by atoms with Gasteiger partial charge in [-0.3, -0.25) is 0 Å². The average Bonchev–Trinajstić information content (AvgIpc) is 3.32. The number of nitrogens with zero attached hydrogens (tertiary/aromatic N) is 3. The van der Waals surface area contributed by atoms with Crippen LogP contribution in [-0.2, 0) is 20.8 Å². The Morgan fingerprint density at radius 3 is 2.85 bits per heavy atom. The summed E-state index contributed by atoms with van der Waals surface area (Å²) < 4.78 is 25.8. The third-order valence-electron chi connectivity index (χ3n) is 4.90. The van der Waals surface area contributed by atoms with Gasteiger partial charge in [0.25, 0.3) is 0 Å². The molecule has 5 rings (SSSR count). The van der Waals surface area contributed by atoms with Gasteiger partial charge < -0.3 is 23.5 Å². The van der Waals surface area contributed by atoms with Crippen LogP contribution in [-0.4, -0.2) is 39.1 Å². The van der Waals surface area contributed by atoms with Gasteiger partial charge in [-0.25, -0.2) is 9.97 Å². The molecule has 2 aliphatic heterocycles. The SMILES string of the molecule is CC1(C)O[C@H]2[C@H](n3ccc4c(OCc5ccccc5)ncnc43)OC[C@H]2O1. The van der Waals surface area contributed by atoms with Crippen LogP contribution in [0.25, 0.3) is 11.0 Å². The van der Waals surface area contributed by atoms with Crippen LogP contribution in [0, 0.1) is 0 Å². The first-order valence-electron chi connectivity index (χ1n) is 9.06. The van der Waals surface area contributed by atoms with E-state index in [2.05, 4.69) is 9.97 Å². The molecule has 2 saturated heterocycles. The van der Waals surface area contributed by atoms with Crippen molar-refractivity contribution in [3.05, 3.63) is 54.5 Å². The fraction of sp³-hybridized carbons (Fsp3) is 0.400. The van der Waals surface area contributed by atoms with E-state index in [1.807, 2.05) is 61.0 Å². The van der Waals surface area contributed by atoms with Crippen molar-refractivity contribution in [1.82, 2.24) is 14.5 Å². The van der Waals surface area contributed by atoms with Crippen molar-refractivity contribution in [1.29, 1.82) is 0 Å². The number of ether oxygens (including phenoxy) is 4. The van der Waals surface area contributed by atoms with E-state index in [0.717, 1.165) is 16.6 Å². The lowest BCUT2D eigenvalue weighted by molar-refractivity contribution is -0.183. The van der Waals surface area contributed by atoms with Gasteiger partial charge in [-0.05, 0) is 25.5 Å². The van der Waals surface area contributed by atoms with E-state index in [1.54, 1.807) is 0 Å². The van der Waals surface area contributed by atoms with Crippen LogP contribution in [0.3, 0.4) is 0 Å². The topological polar surface area (TPSA) is 67.6 Å². The molecule has 2 aliphatic rings. The second kappa shape index (κ2) is 6.30. The van der Waals surface area contributed by atoms with Gasteiger partial charge in [-0.2, -0.15) is 0 Å². The number of rotatable bonds is 4. The van der Waals surface area contributed by atoms with Crippen molar-refractivity contribution >= 4 is 11.0 Å². The second-order valence-electron chi connectivity index (χ2n) is 7.28. The standard InChI is InChI=1S/C20H21N3O4/c1-20(2)26-15-11-25-19(16(15)27-20)23-9-8-14-17(23)21-12-22-18(14)24-10-13-6-4-3-5-7-13/h3-9,12,15-16,19H,10-11H2,1-2H3/t15-,16-,19-/m1/s1. The normalized spacial score (nSPS) is 26.4. The number of benzene rings is 1. The molecule has 0 N–H and O–H groups in total. The van der Waals surface area contributed by atoms with Crippen LogP contribution < -0.4 is 4.74 Å². The van der Waals surface area contributed by atoms with Crippen LogP contribution >= 0.6 is 0 Å². The van der Waals surface area contributed by atoms with Crippen molar-refractivity contribution in [2.24, 2.45) is 0 Å². The Labute approximate surface area is 156 Å². The predicted octanol–water partition coefficient (Wildman–Crippen LogP) is 3.06. The molecule has 3 atom stereocenters. The van der Waals surface area contributed by atoms with Gasteiger partial charge in [0.2, 0.25) is 5.88 Å². The lowest BCUT2D eigenvalue weighted by atomic mass is 10.2. The molecule has 0 saturated carbocycles. The largest absolute Gasteiger partial charge is 0.472 e. The molecule has 0 spiro atoms. The molecule has 0 bridgehead atoms. The summed E-state index contributed by atoms with van der Waals surface area (Å²) in [6.45, 7) is 4.80. The molecule has 7 heteroatoms. The third-order valence-corrected chi connectivity index (χ3v) is 4.90. The van der Waals surface area contributed by atoms with Crippen LogP contribution in [0.5, 0.6) is 5.88 Å². The number of aromatic nitrogens is 3. The summed E-state index contributed by atoms with van der Waals surface area (Å²) in [6.07, 6.45) is 2.93. The monoisotopic (exact) mass is 367 g/mol. The molecule has 0 amide bonds. The summed E-state index contributed by atoms with van der Waals surface area (Å²) in [5, 5.41) is 0.846. The molecule has 3 aromatic rings.